The lowest BCUT2D eigenvalue weighted by atomic mass is 10.1. The molecule has 1 aromatic heterocycles. The van der Waals surface area contributed by atoms with E-state index >= 15 is 0 Å². The lowest BCUT2D eigenvalue weighted by molar-refractivity contribution is -0.115. The summed E-state index contributed by atoms with van der Waals surface area (Å²) in [5, 5.41) is 12.7. The van der Waals surface area contributed by atoms with Gasteiger partial charge in [-0.2, -0.15) is 0 Å². The maximum Gasteiger partial charge on any atom is 0.337 e. The van der Waals surface area contributed by atoms with E-state index in [9.17, 15) is 14.7 Å². The molecule has 2 heterocycles. The summed E-state index contributed by atoms with van der Waals surface area (Å²) in [5.74, 6) is -0.438. The van der Waals surface area contributed by atoms with Crippen LogP contribution in [0, 0.1) is 13.8 Å². The molecule has 2 N–H and O–H groups in total. The number of amides is 1. The number of thioether (sulfide) groups is 1. The Labute approximate surface area is 187 Å². The number of benzene rings is 2. The molecule has 31 heavy (non-hydrogen) atoms. The van der Waals surface area contributed by atoms with Crippen LogP contribution in [0.4, 0.5) is 5.69 Å². The first-order valence-electron chi connectivity index (χ1n) is 9.30. The van der Waals surface area contributed by atoms with Crippen LogP contribution in [0.5, 0.6) is 0 Å². The molecule has 0 radical (unpaired) electrons. The van der Waals surface area contributed by atoms with Crippen molar-refractivity contribution >= 4 is 52.2 Å². The van der Waals surface area contributed by atoms with Gasteiger partial charge in [0.1, 0.15) is 11.5 Å². The van der Waals surface area contributed by atoms with E-state index in [0.29, 0.717) is 27.2 Å². The number of aromatic carboxylic acids is 1. The molecule has 1 saturated heterocycles. The average molecular weight is 453 g/mol. The molecule has 0 saturated carbocycles. The van der Waals surface area contributed by atoms with E-state index in [4.69, 9.17) is 16.0 Å². The summed E-state index contributed by atoms with van der Waals surface area (Å²) >= 11 is 7.15. The first-order valence-corrected chi connectivity index (χ1v) is 10.5. The molecular weight excluding hydrogens is 436 g/mol. The minimum Gasteiger partial charge on any atom is -0.478 e. The number of aliphatic imine (C=N–C) groups is 1. The Hall–Kier alpha value is -3.29. The molecule has 1 amide bonds. The molecule has 0 spiro atoms. The van der Waals surface area contributed by atoms with E-state index < -0.39 is 5.97 Å². The van der Waals surface area contributed by atoms with E-state index in [1.165, 1.54) is 23.9 Å². The second-order valence-corrected chi connectivity index (χ2v) is 8.41. The Bertz CT molecular complexity index is 1280. The molecule has 1 aliphatic rings. The molecule has 156 valence electrons. The summed E-state index contributed by atoms with van der Waals surface area (Å²) in [6.07, 6.45) is 1.63. The third-order valence-corrected chi connectivity index (χ3v) is 5.85. The summed E-state index contributed by atoms with van der Waals surface area (Å²) in [4.78, 5) is 28.6. The number of carboxylic acids is 1. The second kappa shape index (κ2) is 8.45. The van der Waals surface area contributed by atoms with Crippen molar-refractivity contribution in [1.29, 1.82) is 0 Å². The predicted molar refractivity (Wildman–Crippen MR) is 123 cm³/mol. The topological polar surface area (TPSA) is 91.9 Å². The molecule has 0 unspecified atom stereocenters. The zero-order valence-corrected chi connectivity index (χ0v) is 18.2. The highest BCUT2D eigenvalue weighted by Crippen LogP contribution is 2.32. The van der Waals surface area contributed by atoms with E-state index in [2.05, 4.69) is 10.3 Å². The van der Waals surface area contributed by atoms with Gasteiger partial charge in [0.05, 0.1) is 21.2 Å². The van der Waals surface area contributed by atoms with Gasteiger partial charge in [0.25, 0.3) is 5.91 Å². The molecule has 0 atom stereocenters. The van der Waals surface area contributed by atoms with Crippen LogP contribution in [-0.2, 0) is 4.79 Å². The van der Waals surface area contributed by atoms with E-state index in [0.717, 1.165) is 16.8 Å². The second-order valence-electron chi connectivity index (χ2n) is 6.97. The van der Waals surface area contributed by atoms with Crippen molar-refractivity contribution in [2.24, 2.45) is 4.99 Å². The Kier molecular flexibility index (Phi) is 5.71. The van der Waals surface area contributed by atoms with E-state index in [-0.39, 0.29) is 16.5 Å². The SMILES string of the molecule is Cc1ccc(N=C2NC(=O)/C(=C\c3ccc(-c4ccc(Cl)c(C(=O)O)c4)o3)S2)c(C)c1. The Morgan fingerprint density at radius 1 is 1.16 bits per heavy atom. The van der Waals surface area contributed by atoms with Gasteiger partial charge in [0, 0.05) is 11.6 Å². The maximum absolute atomic E-state index is 12.3. The summed E-state index contributed by atoms with van der Waals surface area (Å²) in [5.41, 5.74) is 3.54. The van der Waals surface area contributed by atoms with Gasteiger partial charge in [-0.1, -0.05) is 29.3 Å². The van der Waals surface area contributed by atoms with Crippen molar-refractivity contribution in [3.8, 4) is 11.3 Å². The monoisotopic (exact) mass is 452 g/mol. The molecule has 1 aliphatic heterocycles. The van der Waals surface area contributed by atoms with Crippen LogP contribution in [0.15, 0.2) is 62.8 Å². The quantitative estimate of drug-likeness (QED) is 0.487. The van der Waals surface area contributed by atoms with Crippen molar-refractivity contribution in [3.05, 3.63) is 80.9 Å². The minimum atomic E-state index is -1.12. The van der Waals surface area contributed by atoms with Gasteiger partial charge >= 0.3 is 5.97 Å². The number of rotatable bonds is 4. The molecule has 0 bridgehead atoms. The predicted octanol–water partition coefficient (Wildman–Crippen LogP) is 5.81. The largest absolute Gasteiger partial charge is 0.478 e. The Morgan fingerprint density at radius 2 is 1.97 bits per heavy atom. The van der Waals surface area contributed by atoms with Crippen molar-refractivity contribution in [3.63, 3.8) is 0 Å². The molecular formula is C23H17ClN2O4S. The fraction of sp³-hybridized carbons (Fsp3) is 0.0870. The molecule has 2 aromatic carbocycles. The number of hydrogen-bond acceptors (Lipinski definition) is 5. The van der Waals surface area contributed by atoms with Crippen molar-refractivity contribution in [2.75, 3.05) is 0 Å². The first kappa shape index (κ1) is 21.0. The van der Waals surface area contributed by atoms with Crippen LogP contribution in [-0.4, -0.2) is 22.2 Å². The molecule has 3 aromatic rings. The standard InChI is InChI=1S/C23H17ClN2O4S/c1-12-3-7-18(13(2)9-12)25-23-26-21(27)20(31-23)11-15-5-8-19(30-15)14-4-6-17(24)16(10-14)22(28)29/h3-11H,1-2H3,(H,28,29)(H,25,26,27)/b20-11+. The van der Waals surface area contributed by atoms with Gasteiger partial charge in [0.2, 0.25) is 0 Å². The summed E-state index contributed by atoms with van der Waals surface area (Å²) in [6, 6.07) is 14.0. The third-order valence-electron chi connectivity index (χ3n) is 4.61. The number of furan rings is 1. The highest BCUT2D eigenvalue weighted by Gasteiger charge is 2.24. The van der Waals surface area contributed by atoms with Crippen LogP contribution in [0.1, 0.15) is 27.2 Å². The van der Waals surface area contributed by atoms with Crippen LogP contribution >= 0.6 is 23.4 Å². The molecule has 8 heteroatoms. The number of carbonyl (C=O) groups is 2. The molecule has 6 nitrogen and oxygen atoms in total. The number of carboxylic acid groups (broad SMARTS) is 1. The lowest BCUT2D eigenvalue weighted by Gasteiger charge is -2.02. The fourth-order valence-electron chi connectivity index (χ4n) is 3.08. The number of aryl methyl sites for hydroxylation is 2. The van der Waals surface area contributed by atoms with Gasteiger partial charge in [-0.25, -0.2) is 9.79 Å². The highest BCUT2D eigenvalue weighted by atomic mass is 35.5. The summed E-state index contributed by atoms with van der Waals surface area (Å²) < 4.78 is 5.79. The molecule has 0 aliphatic carbocycles. The third kappa shape index (κ3) is 4.57. The average Bonchev–Trinajstić information content (AvgIpc) is 3.31. The van der Waals surface area contributed by atoms with E-state index in [1.54, 1.807) is 24.3 Å². The first-order chi connectivity index (χ1) is 14.8. The van der Waals surface area contributed by atoms with Crippen LogP contribution < -0.4 is 5.32 Å². The number of amidine groups is 1. The molecule has 4 rings (SSSR count). The van der Waals surface area contributed by atoms with Gasteiger partial charge in [-0.3, -0.25) is 4.79 Å². The summed E-state index contributed by atoms with van der Waals surface area (Å²) in [7, 11) is 0. The fourth-order valence-corrected chi connectivity index (χ4v) is 4.09. The normalized spacial score (nSPS) is 16.2. The highest BCUT2D eigenvalue weighted by molar-refractivity contribution is 8.18. The zero-order chi connectivity index (χ0) is 22.1. The van der Waals surface area contributed by atoms with Gasteiger partial charge in [0.15, 0.2) is 5.17 Å². The number of nitrogens with zero attached hydrogens (tertiary/aromatic N) is 1. The van der Waals surface area contributed by atoms with E-state index in [1.807, 2.05) is 32.0 Å². The zero-order valence-electron chi connectivity index (χ0n) is 16.6. The number of hydrogen-bond donors (Lipinski definition) is 2. The maximum atomic E-state index is 12.3. The summed E-state index contributed by atoms with van der Waals surface area (Å²) in [6.45, 7) is 3.99. The van der Waals surface area contributed by atoms with Crippen LogP contribution in [0.25, 0.3) is 17.4 Å². The van der Waals surface area contributed by atoms with Gasteiger partial charge in [-0.15, -0.1) is 0 Å². The van der Waals surface area contributed by atoms with Crippen molar-refractivity contribution < 1.29 is 19.1 Å². The van der Waals surface area contributed by atoms with Crippen molar-refractivity contribution in [2.45, 2.75) is 13.8 Å². The lowest BCUT2D eigenvalue weighted by Crippen LogP contribution is -2.19. The van der Waals surface area contributed by atoms with Crippen LogP contribution in [0.2, 0.25) is 5.02 Å². The number of nitrogens with one attached hydrogen (secondary N) is 1. The van der Waals surface area contributed by atoms with Gasteiger partial charge < -0.3 is 14.8 Å². The Morgan fingerprint density at radius 3 is 2.71 bits per heavy atom. The van der Waals surface area contributed by atoms with Gasteiger partial charge in [-0.05, 0) is 67.6 Å². The van der Waals surface area contributed by atoms with Crippen molar-refractivity contribution in [1.82, 2.24) is 5.32 Å². The number of halogens is 1. The molecule has 1 fully saturated rings. The minimum absolute atomic E-state index is 0.00606. The number of carbonyl (C=O) groups excluding carboxylic acids is 1. The van der Waals surface area contributed by atoms with Crippen LogP contribution in [0.3, 0.4) is 0 Å². The smallest absolute Gasteiger partial charge is 0.337 e. The Balaban J connectivity index is 1.57.